The highest BCUT2D eigenvalue weighted by Crippen LogP contribution is 2.31. The first-order chi connectivity index (χ1) is 9.02. The van der Waals surface area contributed by atoms with Gasteiger partial charge in [-0.3, -0.25) is 10.1 Å². The average molecular weight is 268 g/mol. The van der Waals surface area contributed by atoms with E-state index in [4.69, 9.17) is 10.2 Å². The van der Waals surface area contributed by atoms with E-state index in [2.05, 4.69) is 0 Å². The van der Waals surface area contributed by atoms with Gasteiger partial charge in [0.25, 0.3) is 0 Å². The molecule has 1 rings (SSSR count). The number of hydrogen-bond acceptors (Lipinski definition) is 5. The number of carbonyl (C=O) groups is 1. The molecule has 0 atom stereocenters. The first-order valence-corrected chi connectivity index (χ1v) is 5.89. The fraction of sp³-hybridized carbons (Fsp3) is 0.417. The first kappa shape index (κ1) is 14.9. The second-order valence-corrected chi connectivity index (χ2v) is 3.95. The Kier molecular flexibility index (Phi) is 5.25. The van der Waals surface area contributed by atoms with Gasteiger partial charge in [0.1, 0.15) is 11.3 Å². The summed E-state index contributed by atoms with van der Waals surface area (Å²) in [4.78, 5) is 23.1. The summed E-state index contributed by atoms with van der Waals surface area (Å²) in [6.45, 7) is 2.47. The van der Waals surface area contributed by atoms with Crippen LogP contribution in [-0.2, 0) is 0 Å². The average Bonchev–Trinajstić information content (AvgIpc) is 2.37. The lowest BCUT2D eigenvalue weighted by atomic mass is 10.1. The van der Waals surface area contributed by atoms with Crippen molar-refractivity contribution in [1.82, 2.24) is 0 Å². The number of nitro groups is 1. The van der Waals surface area contributed by atoms with E-state index in [1.807, 2.05) is 6.92 Å². The Labute approximate surface area is 110 Å². The molecule has 2 N–H and O–H groups in total. The molecule has 0 bridgehead atoms. The highest BCUT2D eigenvalue weighted by Gasteiger charge is 2.26. The van der Waals surface area contributed by atoms with Gasteiger partial charge in [-0.1, -0.05) is 13.0 Å². The van der Waals surface area contributed by atoms with Crippen LogP contribution in [-0.4, -0.2) is 40.8 Å². The van der Waals surface area contributed by atoms with Crippen LogP contribution in [0.1, 0.15) is 23.7 Å². The van der Waals surface area contributed by atoms with Crippen molar-refractivity contribution in [3.63, 3.8) is 0 Å². The molecular formula is C12H16N2O5. The van der Waals surface area contributed by atoms with Crippen LogP contribution < -0.4 is 4.90 Å². The van der Waals surface area contributed by atoms with E-state index in [1.54, 1.807) is 4.90 Å². The van der Waals surface area contributed by atoms with Crippen LogP contribution in [0.2, 0.25) is 0 Å². The molecule has 0 fully saturated rings. The van der Waals surface area contributed by atoms with Crippen LogP contribution in [0.3, 0.4) is 0 Å². The number of hydrogen-bond donors (Lipinski definition) is 2. The number of carboxylic acids is 1. The third-order valence-corrected chi connectivity index (χ3v) is 2.63. The molecular weight excluding hydrogens is 252 g/mol. The number of carboxylic acid groups (broad SMARTS) is 1. The molecule has 104 valence electrons. The third-order valence-electron chi connectivity index (χ3n) is 2.63. The number of aliphatic hydroxyl groups is 1. The van der Waals surface area contributed by atoms with Crippen molar-refractivity contribution in [3.8, 4) is 0 Å². The fourth-order valence-corrected chi connectivity index (χ4v) is 1.89. The van der Waals surface area contributed by atoms with Crippen LogP contribution in [0, 0.1) is 10.1 Å². The maximum atomic E-state index is 11.1. The molecule has 0 saturated heterocycles. The quantitative estimate of drug-likeness (QED) is 0.573. The first-order valence-electron chi connectivity index (χ1n) is 5.89. The molecule has 0 aliphatic rings. The minimum Gasteiger partial charge on any atom is -0.477 e. The minimum absolute atomic E-state index is 0.158. The molecule has 1 aromatic carbocycles. The molecule has 0 spiro atoms. The normalized spacial score (nSPS) is 10.2. The van der Waals surface area contributed by atoms with Crippen molar-refractivity contribution in [2.45, 2.75) is 13.3 Å². The van der Waals surface area contributed by atoms with Gasteiger partial charge in [0, 0.05) is 13.1 Å². The van der Waals surface area contributed by atoms with Crippen LogP contribution in [0.15, 0.2) is 18.2 Å². The maximum absolute atomic E-state index is 11.1. The number of nitrogens with zero attached hydrogens (tertiary/aromatic N) is 2. The van der Waals surface area contributed by atoms with Crippen molar-refractivity contribution in [1.29, 1.82) is 0 Å². The lowest BCUT2D eigenvalue weighted by Gasteiger charge is -2.23. The number of anilines is 1. The molecule has 1 aromatic rings. The van der Waals surface area contributed by atoms with Crippen molar-refractivity contribution in [2.24, 2.45) is 0 Å². The van der Waals surface area contributed by atoms with Crippen molar-refractivity contribution in [2.75, 3.05) is 24.6 Å². The molecule has 7 nitrogen and oxygen atoms in total. The summed E-state index contributed by atoms with van der Waals surface area (Å²) in [5, 5.41) is 29.1. The van der Waals surface area contributed by atoms with Crippen LogP contribution in [0.4, 0.5) is 11.4 Å². The molecule has 0 unspecified atom stereocenters. The molecule has 0 amide bonds. The van der Waals surface area contributed by atoms with Gasteiger partial charge in [-0.2, -0.15) is 0 Å². The van der Waals surface area contributed by atoms with E-state index in [0.29, 0.717) is 6.54 Å². The van der Waals surface area contributed by atoms with Gasteiger partial charge in [0.05, 0.1) is 11.5 Å². The molecule has 0 heterocycles. The van der Waals surface area contributed by atoms with Crippen molar-refractivity contribution in [3.05, 3.63) is 33.9 Å². The van der Waals surface area contributed by atoms with E-state index in [1.165, 1.54) is 18.2 Å². The van der Waals surface area contributed by atoms with Gasteiger partial charge in [-0.05, 0) is 18.6 Å². The largest absolute Gasteiger partial charge is 0.477 e. The Balaban J connectivity index is 3.35. The van der Waals surface area contributed by atoms with Crippen molar-refractivity contribution < 1.29 is 19.9 Å². The minimum atomic E-state index is -1.34. The second-order valence-electron chi connectivity index (χ2n) is 3.95. The Bertz CT molecular complexity index is 469. The van der Waals surface area contributed by atoms with Gasteiger partial charge in [-0.15, -0.1) is 0 Å². The summed E-state index contributed by atoms with van der Waals surface area (Å²) in [5.74, 6) is -1.34. The van der Waals surface area contributed by atoms with Gasteiger partial charge < -0.3 is 15.1 Å². The number of aromatic carboxylic acids is 1. The zero-order chi connectivity index (χ0) is 14.4. The van der Waals surface area contributed by atoms with Gasteiger partial charge in [0.2, 0.25) is 0 Å². The van der Waals surface area contributed by atoms with E-state index in [0.717, 1.165) is 6.42 Å². The summed E-state index contributed by atoms with van der Waals surface area (Å²) in [6.07, 6.45) is 0.731. The number of rotatable bonds is 7. The lowest BCUT2D eigenvalue weighted by molar-refractivity contribution is -0.384. The number of para-hydroxylation sites is 1. The molecule has 0 aromatic heterocycles. The van der Waals surface area contributed by atoms with E-state index < -0.39 is 16.6 Å². The van der Waals surface area contributed by atoms with E-state index in [9.17, 15) is 14.9 Å². The zero-order valence-electron chi connectivity index (χ0n) is 10.6. The molecule has 0 radical (unpaired) electrons. The Morgan fingerprint density at radius 2 is 2.11 bits per heavy atom. The predicted molar refractivity (Wildman–Crippen MR) is 69.6 cm³/mol. The second kappa shape index (κ2) is 6.69. The smallest absolute Gasteiger partial charge is 0.342 e. The van der Waals surface area contributed by atoms with E-state index >= 15 is 0 Å². The Morgan fingerprint density at radius 3 is 2.58 bits per heavy atom. The standard InChI is InChI=1S/C12H16N2O5/c1-2-6-13(7-8-15)10-5-3-4-9(12(16)17)11(10)14(18)19/h3-5,15H,2,6-8H2,1H3,(H,16,17). The third kappa shape index (κ3) is 3.41. The number of nitro benzene ring substituents is 1. The topological polar surface area (TPSA) is 104 Å². The van der Waals surface area contributed by atoms with Gasteiger partial charge in [0.15, 0.2) is 0 Å². The monoisotopic (exact) mass is 268 g/mol. The fourth-order valence-electron chi connectivity index (χ4n) is 1.89. The van der Waals surface area contributed by atoms with Crippen LogP contribution in [0.5, 0.6) is 0 Å². The molecule has 0 aliphatic heterocycles. The Hall–Kier alpha value is -2.15. The van der Waals surface area contributed by atoms with Gasteiger partial charge >= 0.3 is 11.7 Å². The van der Waals surface area contributed by atoms with Gasteiger partial charge in [-0.25, -0.2) is 4.79 Å². The zero-order valence-corrected chi connectivity index (χ0v) is 10.6. The van der Waals surface area contributed by atoms with Crippen LogP contribution in [0.25, 0.3) is 0 Å². The summed E-state index contributed by atoms with van der Waals surface area (Å²) < 4.78 is 0. The van der Waals surface area contributed by atoms with Crippen LogP contribution >= 0.6 is 0 Å². The number of aliphatic hydroxyl groups excluding tert-OH is 1. The summed E-state index contributed by atoms with van der Waals surface area (Å²) in [5.41, 5.74) is -0.556. The summed E-state index contributed by atoms with van der Waals surface area (Å²) in [6, 6.07) is 4.16. The summed E-state index contributed by atoms with van der Waals surface area (Å²) >= 11 is 0. The highest BCUT2D eigenvalue weighted by atomic mass is 16.6. The Morgan fingerprint density at radius 1 is 1.42 bits per heavy atom. The molecule has 7 heteroatoms. The highest BCUT2D eigenvalue weighted by molar-refractivity contribution is 5.95. The van der Waals surface area contributed by atoms with Crippen molar-refractivity contribution >= 4 is 17.3 Å². The summed E-state index contributed by atoms with van der Waals surface area (Å²) in [7, 11) is 0. The maximum Gasteiger partial charge on any atom is 0.342 e. The number of benzene rings is 1. The lowest BCUT2D eigenvalue weighted by Crippen LogP contribution is -2.28. The molecule has 0 saturated carbocycles. The van der Waals surface area contributed by atoms with E-state index in [-0.39, 0.29) is 24.4 Å². The molecule has 0 aliphatic carbocycles. The SMILES string of the molecule is CCCN(CCO)c1cccc(C(=O)O)c1[N+](=O)[O-]. The predicted octanol–water partition coefficient (Wildman–Crippen LogP) is 1.50. The molecule has 19 heavy (non-hydrogen) atoms.